The first-order valence-electron chi connectivity index (χ1n) is 6.12. The van der Waals surface area contributed by atoms with E-state index >= 15 is 0 Å². The molecule has 0 bridgehead atoms. The minimum absolute atomic E-state index is 0.282. The Labute approximate surface area is 125 Å². The minimum atomic E-state index is 0.282. The van der Waals surface area contributed by atoms with Crippen molar-refractivity contribution in [3.63, 3.8) is 0 Å². The van der Waals surface area contributed by atoms with Gasteiger partial charge in [-0.2, -0.15) is 4.68 Å². The zero-order valence-corrected chi connectivity index (χ0v) is 12.4. The first-order valence-corrected chi connectivity index (χ1v) is 6.49. The zero-order valence-electron chi connectivity index (χ0n) is 11.7. The fraction of sp³-hybridized carbons (Fsp3) is 0.231. The molecular weight excluding hydrogens is 294 g/mol. The number of aromatic nitrogens is 5. The predicted octanol–water partition coefficient (Wildman–Crippen LogP) is 2.19. The van der Waals surface area contributed by atoms with Crippen LogP contribution >= 0.6 is 11.6 Å². The van der Waals surface area contributed by atoms with E-state index in [2.05, 4.69) is 20.3 Å². The lowest BCUT2D eigenvalue weighted by atomic mass is 10.2. The number of nitrogens with zero attached hydrogens (tertiary/aromatic N) is 5. The van der Waals surface area contributed by atoms with E-state index in [0.29, 0.717) is 28.5 Å². The number of halogens is 1. The summed E-state index contributed by atoms with van der Waals surface area (Å²) in [5, 5.41) is 8.38. The summed E-state index contributed by atoms with van der Waals surface area (Å²) in [4.78, 5) is 8.40. The smallest absolute Gasteiger partial charge is 0.188 e. The van der Waals surface area contributed by atoms with Crippen LogP contribution in [0, 0.1) is 6.92 Å². The summed E-state index contributed by atoms with van der Waals surface area (Å²) < 4.78 is 12.1. The number of aryl methyl sites for hydroxylation is 1. The SMILES string of the molecule is COc1ccc(-n2nnc3c(Cl)nc(C)nc32)cc1OC. The van der Waals surface area contributed by atoms with Gasteiger partial charge in [-0.05, 0) is 19.1 Å². The summed E-state index contributed by atoms with van der Waals surface area (Å²) in [5.74, 6) is 1.78. The highest BCUT2D eigenvalue weighted by Gasteiger charge is 2.14. The van der Waals surface area contributed by atoms with Crippen LogP contribution in [0.1, 0.15) is 5.82 Å². The molecule has 0 saturated heterocycles. The van der Waals surface area contributed by atoms with Crippen molar-refractivity contribution >= 4 is 22.8 Å². The molecule has 0 N–H and O–H groups in total. The van der Waals surface area contributed by atoms with Gasteiger partial charge in [-0.3, -0.25) is 0 Å². The highest BCUT2D eigenvalue weighted by molar-refractivity contribution is 6.33. The quantitative estimate of drug-likeness (QED) is 0.690. The second-order valence-electron chi connectivity index (χ2n) is 4.27. The summed E-state index contributed by atoms with van der Waals surface area (Å²) in [6.45, 7) is 1.76. The molecule has 0 saturated carbocycles. The van der Waals surface area contributed by atoms with Gasteiger partial charge in [0.15, 0.2) is 27.8 Å². The molecule has 0 aliphatic heterocycles. The van der Waals surface area contributed by atoms with Crippen LogP contribution in [0.4, 0.5) is 0 Å². The minimum Gasteiger partial charge on any atom is -0.493 e. The van der Waals surface area contributed by atoms with Gasteiger partial charge in [-0.15, -0.1) is 5.10 Å². The van der Waals surface area contributed by atoms with Crippen molar-refractivity contribution < 1.29 is 9.47 Å². The number of hydrogen-bond donors (Lipinski definition) is 0. The normalized spacial score (nSPS) is 10.9. The van der Waals surface area contributed by atoms with E-state index in [0.717, 1.165) is 5.69 Å². The average molecular weight is 306 g/mol. The summed E-state index contributed by atoms with van der Waals surface area (Å²) in [7, 11) is 3.16. The lowest BCUT2D eigenvalue weighted by Crippen LogP contribution is -2.01. The van der Waals surface area contributed by atoms with Crippen LogP contribution < -0.4 is 9.47 Å². The molecule has 0 radical (unpaired) electrons. The van der Waals surface area contributed by atoms with E-state index < -0.39 is 0 Å². The van der Waals surface area contributed by atoms with Crippen molar-refractivity contribution in [3.05, 3.63) is 29.2 Å². The van der Waals surface area contributed by atoms with Gasteiger partial charge in [0.25, 0.3) is 0 Å². The van der Waals surface area contributed by atoms with Crippen LogP contribution in [0.5, 0.6) is 11.5 Å². The van der Waals surface area contributed by atoms with E-state index in [1.807, 2.05) is 6.07 Å². The Balaban J connectivity index is 2.21. The van der Waals surface area contributed by atoms with E-state index in [1.165, 1.54) is 0 Å². The Hall–Kier alpha value is -2.41. The molecule has 0 aliphatic rings. The summed E-state index contributed by atoms with van der Waals surface area (Å²) in [5.41, 5.74) is 1.74. The largest absolute Gasteiger partial charge is 0.493 e. The maximum absolute atomic E-state index is 6.06. The summed E-state index contributed by atoms with van der Waals surface area (Å²) in [6.07, 6.45) is 0. The van der Waals surface area contributed by atoms with E-state index in [9.17, 15) is 0 Å². The Kier molecular flexibility index (Phi) is 3.34. The molecule has 0 atom stereocenters. The lowest BCUT2D eigenvalue weighted by molar-refractivity contribution is 0.355. The topological polar surface area (TPSA) is 75.0 Å². The van der Waals surface area contributed by atoms with Crippen molar-refractivity contribution in [2.24, 2.45) is 0 Å². The van der Waals surface area contributed by atoms with Gasteiger partial charge in [0.2, 0.25) is 0 Å². The molecule has 1 aromatic carbocycles. The van der Waals surface area contributed by atoms with Gasteiger partial charge >= 0.3 is 0 Å². The van der Waals surface area contributed by atoms with Gasteiger partial charge in [0.1, 0.15) is 5.82 Å². The zero-order chi connectivity index (χ0) is 15.0. The Bertz CT molecular complexity index is 818. The average Bonchev–Trinajstić information content (AvgIpc) is 2.90. The monoisotopic (exact) mass is 305 g/mol. The van der Waals surface area contributed by atoms with Crippen molar-refractivity contribution in [2.75, 3.05) is 14.2 Å². The molecular formula is C13H12ClN5O2. The molecule has 0 spiro atoms. The molecule has 3 rings (SSSR count). The molecule has 7 nitrogen and oxygen atoms in total. The van der Waals surface area contributed by atoms with Crippen LogP contribution in [0.25, 0.3) is 16.9 Å². The molecule has 2 heterocycles. The second kappa shape index (κ2) is 5.17. The van der Waals surface area contributed by atoms with Crippen molar-refractivity contribution in [1.82, 2.24) is 25.0 Å². The number of fused-ring (bicyclic) bond motifs is 1. The van der Waals surface area contributed by atoms with Gasteiger partial charge in [-0.1, -0.05) is 16.8 Å². The molecule has 2 aromatic heterocycles. The number of methoxy groups -OCH3 is 2. The van der Waals surface area contributed by atoms with Gasteiger partial charge in [0.05, 0.1) is 19.9 Å². The van der Waals surface area contributed by atoms with Crippen LogP contribution in [0.15, 0.2) is 18.2 Å². The molecule has 0 unspecified atom stereocenters. The molecule has 8 heteroatoms. The Morgan fingerprint density at radius 2 is 1.86 bits per heavy atom. The molecule has 3 aromatic rings. The first-order chi connectivity index (χ1) is 10.1. The van der Waals surface area contributed by atoms with E-state index in [1.54, 1.807) is 38.0 Å². The number of hydrogen-bond acceptors (Lipinski definition) is 6. The third-order valence-corrected chi connectivity index (χ3v) is 3.24. The Morgan fingerprint density at radius 1 is 1.10 bits per heavy atom. The summed E-state index contributed by atoms with van der Waals surface area (Å²) in [6, 6.07) is 5.41. The van der Waals surface area contributed by atoms with Crippen LogP contribution in [-0.4, -0.2) is 39.2 Å². The maximum Gasteiger partial charge on any atom is 0.188 e. The standard InChI is InChI=1S/C13H12ClN5O2/c1-7-15-12(14)11-13(16-7)19(18-17-11)8-4-5-9(20-2)10(6-8)21-3/h4-6H,1-3H3. The van der Waals surface area contributed by atoms with Crippen molar-refractivity contribution in [1.29, 1.82) is 0 Å². The molecule has 108 valence electrons. The third kappa shape index (κ3) is 2.25. The lowest BCUT2D eigenvalue weighted by Gasteiger charge is -2.09. The van der Waals surface area contributed by atoms with Crippen LogP contribution in [0.3, 0.4) is 0 Å². The highest BCUT2D eigenvalue weighted by atomic mass is 35.5. The van der Waals surface area contributed by atoms with E-state index in [-0.39, 0.29) is 5.15 Å². The van der Waals surface area contributed by atoms with E-state index in [4.69, 9.17) is 21.1 Å². The molecule has 21 heavy (non-hydrogen) atoms. The number of rotatable bonds is 3. The predicted molar refractivity (Wildman–Crippen MR) is 77.3 cm³/mol. The van der Waals surface area contributed by atoms with Crippen LogP contribution in [0.2, 0.25) is 5.15 Å². The number of benzene rings is 1. The summed E-state index contributed by atoms with van der Waals surface area (Å²) >= 11 is 6.06. The third-order valence-electron chi connectivity index (χ3n) is 2.98. The highest BCUT2D eigenvalue weighted by Crippen LogP contribution is 2.30. The fourth-order valence-electron chi connectivity index (χ4n) is 2.01. The van der Waals surface area contributed by atoms with Crippen molar-refractivity contribution in [3.8, 4) is 17.2 Å². The fourth-order valence-corrected chi connectivity index (χ4v) is 2.26. The molecule has 0 amide bonds. The van der Waals surface area contributed by atoms with Gasteiger partial charge in [-0.25, -0.2) is 9.97 Å². The second-order valence-corrected chi connectivity index (χ2v) is 4.63. The maximum atomic E-state index is 6.06. The number of ether oxygens (including phenoxy) is 2. The van der Waals surface area contributed by atoms with Gasteiger partial charge < -0.3 is 9.47 Å². The Morgan fingerprint density at radius 3 is 2.57 bits per heavy atom. The van der Waals surface area contributed by atoms with Crippen molar-refractivity contribution in [2.45, 2.75) is 6.92 Å². The van der Waals surface area contributed by atoms with Crippen LogP contribution in [-0.2, 0) is 0 Å². The first kappa shape index (κ1) is 13.6. The molecule has 0 aliphatic carbocycles. The molecule has 0 fully saturated rings. The van der Waals surface area contributed by atoms with Gasteiger partial charge in [0, 0.05) is 6.07 Å².